The van der Waals surface area contributed by atoms with E-state index in [4.69, 9.17) is 9.47 Å². The Morgan fingerprint density at radius 3 is 2.29 bits per heavy atom. The first-order valence-electron chi connectivity index (χ1n) is 9.44. The highest BCUT2D eigenvalue weighted by molar-refractivity contribution is 6.07. The summed E-state index contributed by atoms with van der Waals surface area (Å²) in [4.78, 5) is 28.4. The molecule has 1 aliphatic heterocycles. The van der Waals surface area contributed by atoms with Gasteiger partial charge in [0.1, 0.15) is 11.2 Å². The van der Waals surface area contributed by atoms with Crippen LogP contribution in [0.5, 0.6) is 5.75 Å². The van der Waals surface area contributed by atoms with Crippen molar-refractivity contribution in [1.82, 2.24) is 0 Å². The number of carbonyl (C=O) groups is 2. The van der Waals surface area contributed by atoms with Gasteiger partial charge in [-0.15, -0.1) is 0 Å². The van der Waals surface area contributed by atoms with Gasteiger partial charge in [0.2, 0.25) is 5.91 Å². The van der Waals surface area contributed by atoms with Gasteiger partial charge in [0.15, 0.2) is 0 Å². The number of hydrogen-bond acceptors (Lipinski definition) is 4. The second-order valence-corrected chi connectivity index (χ2v) is 8.47. The molecule has 5 nitrogen and oxygen atoms in total. The standard InChI is InChI=1S/C23H25NO4/c1-22(2,3)20(25)24-16-12-8-6-10-14(16)18-19(24)23(18,21(26)28-5)15-11-7-9-13-17(15)27-4/h6-13,18-19H,1-5H3/t18-,19+,23+/m1/s1. The fraction of sp³-hybridized carbons (Fsp3) is 0.391. The van der Waals surface area contributed by atoms with E-state index >= 15 is 0 Å². The second-order valence-electron chi connectivity index (χ2n) is 8.47. The van der Waals surface area contributed by atoms with Crippen LogP contribution in [-0.4, -0.2) is 32.1 Å². The van der Waals surface area contributed by atoms with Crippen LogP contribution in [0.1, 0.15) is 37.8 Å². The molecular formula is C23H25NO4. The number of rotatable bonds is 3. The zero-order chi connectivity index (χ0) is 20.3. The van der Waals surface area contributed by atoms with Gasteiger partial charge < -0.3 is 14.4 Å². The van der Waals surface area contributed by atoms with E-state index in [1.54, 1.807) is 7.11 Å². The molecule has 2 aromatic carbocycles. The summed E-state index contributed by atoms with van der Waals surface area (Å²) in [5.41, 5.74) is 1.11. The predicted molar refractivity (Wildman–Crippen MR) is 107 cm³/mol. The van der Waals surface area contributed by atoms with Gasteiger partial charge >= 0.3 is 5.97 Å². The van der Waals surface area contributed by atoms with E-state index < -0.39 is 10.8 Å². The van der Waals surface area contributed by atoms with Crippen LogP contribution in [0.25, 0.3) is 0 Å². The van der Waals surface area contributed by atoms with Crippen molar-refractivity contribution in [3.63, 3.8) is 0 Å². The molecule has 1 fully saturated rings. The van der Waals surface area contributed by atoms with Crippen LogP contribution in [0, 0.1) is 5.41 Å². The molecule has 5 heteroatoms. The molecule has 0 aromatic heterocycles. The van der Waals surface area contributed by atoms with Gasteiger partial charge in [0.05, 0.1) is 20.3 Å². The molecule has 1 saturated carbocycles. The Kier molecular flexibility index (Phi) is 4.03. The fourth-order valence-electron chi connectivity index (χ4n) is 4.69. The van der Waals surface area contributed by atoms with E-state index in [0.29, 0.717) is 5.75 Å². The maximum Gasteiger partial charge on any atom is 0.319 e. The highest BCUT2D eigenvalue weighted by Crippen LogP contribution is 2.71. The van der Waals surface area contributed by atoms with Crippen LogP contribution in [0.15, 0.2) is 48.5 Å². The molecule has 28 heavy (non-hydrogen) atoms. The van der Waals surface area contributed by atoms with Gasteiger partial charge in [-0.1, -0.05) is 57.2 Å². The lowest BCUT2D eigenvalue weighted by Crippen LogP contribution is -2.45. The quantitative estimate of drug-likeness (QED) is 0.764. The van der Waals surface area contributed by atoms with E-state index in [2.05, 4.69) is 0 Å². The van der Waals surface area contributed by atoms with Crippen LogP contribution >= 0.6 is 0 Å². The van der Waals surface area contributed by atoms with Gasteiger partial charge in [0, 0.05) is 22.6 Å². The molecule has 1 aliphatic carbocycles. The topological polar surface area (TPSA) is 55.8 Å². The summed E-state index contributed by atoms with van der Waals surface area (Å²) < 4.78 is 10.8. The smallest absolute Gasteiger partial charge is 0.319 e. The van der Waals surface area contributed by atoms with Gasteiger partial charge in [0.25, 0.3) is 0 Å². The van der Waals surface area contributed by atoms with Crippen LogP contribution in [0.4, 0.5) is 5.69 Å². The number of fused-ring (bicyclic) bond motifs is 3. The first-order chi connectivity index (χ1) is 13.3. The van der Waals surface area contributed by atoms with E-state index in [1.807, 2.05) is 74.2 Å². The number of para-hydroxylation sites is 2. The summed E-state index contributed by atoms with van der Waals surface area (Å²) in [5, 5.41) is 0. The minimum Gasteiger partial charge on any atom is -0.496 e. The summed E-state index contributed by atoms with van der Waals surface area (Å²) in [6, 6.07) is 15.0. The molecule has 2 aromatic rings. The Balaban J connectivity index is 1.95. The van der Waals surface area contributed by atoms with Gasteiger partial charge in [-0.3, -0.25) is 9.59 Å². The SMILES string of the molecule is COC(=O)[C@@]1(c2ccccc2OC)[C@@H]2c3ccccc3N(C(=O)C(C)(C)C)[C@@H]21. The van der Waals surface area contributed by atoms with Gasteiger partial charge in [-0.2, -0.15) is 0 Å². The molecule has 3 atom stereocenters. The zero-order valence-electron chi connectivity index (χ0n) is 16.9. The fourth-order valence-corrected chi connectivity index (χ4v) is 4.69. The average molecular weight is 379 g/mol. The molecule has 0 unspecified atom stereocenters. The van der Waals surface area contributed by atoms with E-state index in [9.17, 15) is 9.59 Å². The normalized spacial score (nSPS) is 25.0. The minimum atomic E-state index is -0.962. The number of nitrogens with zero attached hydrogens (tertiary/aromatic N) is 1. The number of esters is 1. The van der Waals surface area contributed by atoms with Crippen LogP contribution < -0.4 is 9.64 Å². The lowest BCUT2D eigenvalue weighted by atomic mass is 9.86. The Labute approximate surface area is 165 Å². The number of anilines is 1. The average Bonchev–Trinajstić information content (AvgIpc) is 3.25. The van der Waals surface area contributed by atoms with Crippen molar-refractivity contribution in [1.29, 1.82) is 0 Å². The zero-order valence-corrected chi connectivity index (χ0v) is 16.9. The molecule has 1 heterocycles. The molecular weight excluding hydrogens is 354 g/mol. The Morgan fingerprint density at radius 2 is 1.64 bits per heavy atom. The molecule has 2 aliphatic rings. The van der Waals surface area contributed by atoms with E-state index in [0.717, 1.165) is 16.8 Å². The molecule has 0 bridgehead atoms. The van der Waals surface area contributed by atoms with Crippen molar-refractivity contribution in [3.05, 3.63) is 59.7 Å². The number of carbonyl (C=O) groups excluding carboxylic acids is 2. The van der Waals surface area contributed by atoms with Crippen molar-refractivity contribution < 1.29 is 19.1 Å². The monoisotopic (exact) mass is 379 g/mol. The predicted octanol–water partition coefficient (Wildman–Crippen LogP) is 3.66. The van der Waals surface area contributed by atoms with Crippen LogP contribution in [0.3, 0.4) is 0 Å². The van der Waals surface area contributed by atoms with Gasteiger partial charge in [-0.05, 0) is 17.7 Å². The maximum absolute atomic E-state index is 13.4. The lowest BCUT2D eigenvalue weighted by Gasteiger charge is -2.32. The van der Waals surface area contributed by atoms with Crippen molar-refractivity contribution >= 4 is 17.6 Å². The highest BCUT2D eigenvalue weighted by Gasteiger charge is 2.79. The highest BCUT2D eigenvalue weighted by atomic mass is 16.5. The number of benzene rings is 2. The molecule has 1 amide bonds. The number of methoxy groups -OCH3 is 2. The Morgan fingerprint density at radius 1 is 1.00 bits per heavy atom. The molecule has 0 N–H and O–H groups in total. The summed E-state index contributed by atoms with van der Waals surface area (Å²) >= 11 is 0. The summed E-state index contributed by atoms with van der Waals surface area (Å²) in [6.07, 6.45) is 0. The Hall–Kier alpha value is -2.82. The summed E-state index contributed by atoms with van der Waals surface area (Å²) in [7, 11) is 2.99. The first kappa shape index (κ1) is 18.5. The maximum atomic E-state index is 13.4. The molecule has 4 rings (SSSR count). The van der Waals surface area contributed by atoms with Crippen LogP contribution in [0.2, 0.25) is 0 Å². The molecule has 0 radical (unpaired) electrons. The van der Waals surface area contributed by atoms with E-state index in [-0.39, 0.29) is 23.8 Å². The third kappa shape index (κ3) is 2.25. The lowest BCUT2D eigenvalue weighted by molar-refractivity contribution is -0.144. The van der Waals surface area contributed by atoms with E-state index in [1.165, 1.54) is 7.11 Å². The first-order valence-corrected chi connectivity index (χ1v) is 9.44. The van der Waals surface area contributed by atoms with Crippen LogP contribution in [-0.2, 0) is 19.7 Å². The third-order valence-corrected chi connectivity index (χ3v) is 5.91. The summed E-state index contributed by atoms with van der Waals surface area (Å²) in [5.74, 6) is 0.128. The van der Waals surface area contributed by atoms with Crippen molar-refractivity contribution in [2.24, 2.45) is 5.41 Å². The second kappa shape index (κ2) is 6.09. The van der Waals surface area contributed by atoms with Crippen molar-refractivity contribution in [2.45, 2.75) is 38.1 Å². The third-order valence-electron chi connectivity index (χ3n) is 5.91. The number of hydrogen-bond donors (Lipinski definition) is 0. The molecule has 146 valence electrons. The van der Waals surface area contributed by atoms with Gasteiger partial charge in [-0.25, -0.2) is 0 Å². The summed E-state index contributed by atoms with van der Waals surface area (Å²) in [6.45, 7) is 5.70. The Bertz CT molecular complexity index is 961. The van der Waals surface area contributed by atoms with Crippen molar-refractivity contribution in [2.75, 3.05) is 19.1 Å². The molecule has 0 spiro atoms. The number of ether oxygens (including phenoxy) is 2. The minimum absolute atomic E-state index is 0.00636. The van der Waals surface area contributed by atoms with Crippen molar-refractivity contribution in [3.8, 4) is 5.75 Å². The molecule has 0 saturated heterocycles. The largest absolute Gasteiger partial charge is 0.496 e. The number of amides is 1.